The number of carbonyl (C=O) groups excluding carboxylic acids is 1. The van der Waals surface area contributed by atoms with E-state index in [0.717, 1.165) is 5.56 Å². The molecule has 0 saturated carbocycles. The molecule has 1 fully saturated rings. The van der Waals surface area contributed by atoms with Crippen molar-refractivity contribution in [3.63, 3.8) is 0 Å². The normalized spacial score (nSPS) is 14.7. The number of rotatable bonds is 4. The SMILES string of the molecule is O=C(Cn1cncn1)N1CC(c2nc(-c3ccccc3)no2)C1. The highest BCUT2D eigenvalue weighted by atomic mass is 16.5. The van der Waals surface area contributed by atoms with Crippen molar-refractivity contribution in [2.24, 2.45) is 0 Å². The van der Waals surface area contributed by atoms with Gasteiger partial charge in [-0.1, -0.05) is 35.5 Å². The van der Waals surface area contributed by atoms with Gasteiger partial charge in [0.25, 0.3) is 0 Å². The molecule has 1 aliphatic heterocycles. The van der Waals surface area contributed by atoms with E-state index in [9.17, 15) is 4.79 Å². The Morgan fingerprint density at radius 3 is 2.83 bits per heavy atom. The molecule has 1 aromatic carbocycles. The van der Waals surface area contributed by atoms with Crippen molar-refractivity contribution >= 4 is 5.91 Å². The first-order valence-electron chi connectivity index (χ1n) is 7.29. The number of carbonyl (C=O) groups is 1. The minimum atomic E-state index is 0.00884. The van der Waals surface area contributed by atoms with Gasteiger partial charge in [-0.15, -0.1) is 0 Å². The van der Waals surface area contributed by atoms with E-state index in [0.29, 0.717) is 24.8 Å². The van der Waals surface area contributed by atoms with E-state index in [2.05, 4.69) is 20.2 Å². The average molecular weight is 310 g/mol. The van der Waals surface area contributed by atoms with Gasteiger partial charge in [0, 0.05) is 18.7 Å². The van der Waals surface area contributed by atoms with Crippen LogP contribution in [0.1, 0.15) is 11.8 Å². The van der Waals surface area contributed by atoms with Crippen LogP contribution in [0.25, 0.3) is 11.4 Å². The molecule has 8 heteroatoms. The van der Waals surface area contributed by atoms with Gasteiger partial charge in [-0.3, -0.25) is 4.79 Å². The Morgan fingerprint density at radius 2 is 2.09 bits per heavy atom. The molecule has 0 N–H and O–H groups in total. The minimum absolute atomic E-state index is 0.00884. The highest BCUT2D eigenvalue weighted by Crippen LogP contribution is 2.27. The molecule has 1 saturated heterocycles. The fourth-order valence-electron chi connectivity index (χ4n) is 2.50. The molecule has 8 nitrogen and oxygen atoms in total. The lowest BCUT2D eigenvalue weighted by Gasteiger charge is -2.36. The summed E-state index contributed by atoms with van der Waals surface area (Å²) in [6.45, 7) is 1.37. The van der Waals surface area contributed by atoms with Crippen molar-refractivity contribution in [1.29, 1.82) is 0 Å². The largest absolute Gasteiger partial charge is 0.339 e. The Morgan fingerprint density at radius 1 is 1.26 bits per heavy atom. The van der Waals surface area contributed by atoms with Crippen molar-refractivity contribution in [3.8, 4) is 11.4 Å². The van der Waals surface area contributed by atoms with Crippen molar-refractivity contribution in [2.45, 2.75) is 12.5 Å². The fourth-order valence-corrected chi connectivity index (χ4v) is 2.50. The van der Waals surface area contributed by atoms with Crippen LogP contribution >= 0.6 is 0 Å². The second kappa shape index (κ2) is 5.64. The van der Waals surface area contributed by atoms with E-state index in [1.807, 2.05) is 30.3 Å². The van der Waals surface area contributed by atoms with Gasteiger partial charge in [-0.2, -0.15) is 10.1 Å². The summed E-state index contributed by atoms with van der Waals surface area (Å²) in [6, 6.07) is 9.67. The zero-order valence-corrected chi connectivity index (χ0v) is 12.2. The molecular weight excluding hydrogens is 296 g/mol. The third kappa shape index (κ3) is 2.70. The number of amides is 1. The third-order valence-electron chi connectivity index (χ3n) is 3.82. The Kier molecular flexibility index (Phi) is 3.34. The molecular formula is C15H14N6O2. The Labute approximate surface area is 131 Å². The van der Waals surface area contributed by atoms with Crippen LogP contribution in [0.5, 0.6) is 0 Å². The summed E-state index contributed by atoms with van der Waals surface area (Å²) in [5.41, 5.74) is 0.918. The third-order valence-corrected chi connectivity index (χ3v) is 3.82. The van der Waals surface area contributed by atoms with Gasteiger partial charge in [-0.25, -0.2) is 9.67 Å². The topological polar surface area (TPSA) is 89.9 Å². The number of benzene rings is 1. The van der Waals surface area contributed by atoms with Gasteiger partial charge in [0.05, 0.1) is 5.92 Å². The predicted octanol–water partition coefficient (Wildman–Crippen LogP) is 0.954. The second-order valence-corrected chi connectivity index (χ2v) is 5.41. The molecule has 0 unspecified atom stereocenters. The molecule has 0 bridgehead atoms. The minimum Gasteiger partial charge on any atom is -0.339 e. The fraction of sp³-hybridized carbons (Fsp3) is 0.267. The summed E-state index contributed by atoms with van der Waals surface area (Å²) in [7, 11) is 0. The van der Waals surface area contributed by atoms with E-state index in [-0.39, 0.29) is 18.4 Å². The molecule has 3 aromatic rings. The summed E-state index contributed by atoms with van der Waals surface area (Å²) < 4.78 is 6.84. The molecule has 0 aliphatic carbocycles. The quantitative estimate of drug-likeness (QED) is 0.713. The molecule has 4 rings (SSSR count). The van der Waals surface area contributed by atoms with Crippen LogP contribution in [0.15, 0.2) is 47.5 Å². The monoisotopic (exact) mass is 310 g/mol. The highest BCUT2D eigenvalue weighted by Gasteiger charge is 2.35. The number of likely N-dealkylation sites (tertiary alicyclic amines) is 1. The first kappa shape index (κ1) is 13.6. The maximum absolute atomic E-state index is 12.1. The molecule has 0 radical (unpaired) electrons. The number of hydrogen-bond donors (Lipinski definition) is 0. The Balaban J connectivity index is 1.37. The van der Waals surface area contributed by atoms with Crippen LogP contribution in [0.3, 0.4) is 0 Å². The summed E-state index contributed by atoms with van der Waals surface area (Å²) in [5, 5.41) is 7.94. The maximum atomic E-state index is 12.1. The number of nitrogens with zero attached hydrogens (tertiary/aromatic N) is 6. The Bertz CT molecular complexity index is 793. The maximum Gasteiger partial charge on any atom is 0.244 e. The highest BCUT2D eigenvalue weighted by molar-refractivity contribution is 5.77. The van der Waals surface area contributed by atoms with Gasteiger partial charge < -0.3 is 9.42 Å². The van der Waals surface area contributed by atoms with Crippen LogP contribution in [0.4, 0.5) is 0 Å². The summed E-state index contributed by atoms with van der Waals surface area (Å²) >= 11 is 0. The molecule has 116 valence electrons. The first-order valence-corrected chi connectivity index (χ1v) is 7.29. The zero-order chi connectivity index (χ0) is 15.6. The first-order chi connectivity index (χ1) is 11.3. The van der Waals surface area contributed by atoms with Gasteiger partial charge in [0.1, 0.15) is 19.2 Å². The zero-order valence-electron chi connectivity index (χ0n) is 12.2. The predicted molar refractivity (Wildman–Crippen MR) is 79.1 cm³/mol. The summed E-state index contributed by atoms with van der Waals surface area (Å²) in [5.74, 6) is 1.26. The van der Waals surface area contributed by atoms with Crippen LogP contribution < -0.4 is 0 Å². The summed E-state index contributed by atoms with van der Waals surface area (Å²) in [6.07, 6.45) is 2.94. The van der Waals surface area contributed by atoms with Gasteiger partial charge in [0.2, 0.25) is 17.6 Å². The van der Waals surface area contributed by atoms with Crippen molar-refractivity contribution in [1.82, 2.24) is 29.8 Å². The van der Waals surface area contributed by atoms with Crippen LogP contribution in [0.2, 0.25) is 0 Å². The number of hydrogen-bond acceptors (Lipinski definition) is 6. The second-order valence-electron chi connectivity index (χ2n) is 5.41. The van der Waals surface area contributed by atoms with Crippen LogP contribution in [-0.4, -0.2) is 48.8 Å². The lowest BCUT2D eigenvalue weighted by molar-refractivity contribution is -0.136. The van der Waals surface area contributed by atoms with Gasteiger partial charge in [-0.05, 0) is 0 Å². The standard InChI is InChI=1S/C15H14N6O2/c22-13(8-21-10-16-9-17-21)20-6-12(7-20)15-18-14(19-23-15)11-4-2-1-3-5-11/h1-5,9-10,12H,6-8H2. The number of aromatic nitrogens is 5. The van der Waals surface area contributed by atoms with Crippen molar-refractivity contribution in [3.05, 3.63) is 48.9 Å². The van der Waals surface area contributed by atoms with Gasteiger partial charge >= 0.3 is 0 Å². The molecule has 0 atom stereocenters. The molecule has 3 heterocycles. The summed E-state index contributed by atoms with van der Waals surface area (Å²) in [4.78, 5) is 22.1. The lowest BCUT2D eigenvalue weighted by Crippen LogP contribution is -2.49. The van der Waals surface area contributed by atoms with Crippen molar-refractivity contribution < 1.29 is 9.32 Å². The molecule has 1 amide bonds. The average Bonchev–Trinajstić information content (AvgIpc) is 3.18. The Hall–Kier alpha value is -3.03. The molecule has 0 spiro atoms. The van der Waals surface area contributed by atoms with Crippen molar-refractivity contribution in [2.75, 3.05) is 13.1 Å². The van der Waals surface area contributed by atoms with Gasteiger partial charge in [0.15, 0.2) is 0 Å². The van der Waals surface area contributed by atoms with Crippen LogP contribution in [0, 0.1) is 0 Å². The van der Waals surface area contributed by atoms with E-state index in [1.165, 1.54) is 17.3 Å². The lowest BCUT2D eigenvalue weighted by atomic mass is 10.00. The molecule has 1 aliphatic rings. The molecule has 2 aromatic heterocycles. The van der Waals surface area contributed by atoms with Crippen LogP contribution in [-0.2, 0) is 11.3 Å². The van der Waals surface area contributed by atoms with E-state index >= 15 is 0 Å². The smallest absolute Gasteiger partial charge is 0.244 e. The van der Waals surface area contributed by atoms with E-state index in [4.69, 9.17) is 4.52 Å². The molecule has 23 heavy (non-hydrogen) atoms. The van der Waals surface area contributed by atoms with E-state index < -0.39 is 0 Å². The van der Waals surface area contributed by atoms with E-state index in [1.54, 1.807) is 4.90 Å².